The minimum absolute atomic E-state index is 0.0874. The topological polar surface area (TPSA) is 58.6 Å². The fraction of sp³-hybridized carbons (Fsp3) is 0.0714. The van der Waals surface area contributed by atoms with Crippen molar-refractivity contribution in [2.75, 3.05) is 12.4 Å². The monoisotopic (exact) mass is 311 g/mol. The Morgan fingerprint density at radius 2 is 1.95 bits per heavy atom. The van der Waals surface area contributed by atoms with Crippen LogP contribution >= 0.6 is 23.2 Å². The maximum absolute atomic E-state index is 12.0. The van der Waals surface area contributed by atoms with Gasteiger partial charge in [0.1, 0.15) is 11.5 Å². The number of hydrogen-bond donors (Lipinski definition) is 2. The normalized spacial score (nSPS) is 10.2. The third kappa shape index (κ3) is 3.15. The van der Waals surface area contributed by atoms with Gasteiger partial charge in [-0.25, -0.2) is 0 Å². The van der Waals surface area contributed by atoms with Gasteiger partial charge < -0.3 is 15.2 Å². The van der Waals surface area contributed by atoms with Crippen molar-refractivity contribution in [1.82, 2.24) is 0 Å². The summed E-state index contributed by atoms with van der Waals surface area (Å²) in [7, 11) is 1.50. The summed E-state index contributed by atoms with van der Waals surface area (Å²) in [6.45, 7) is 0. The van der Waals surface area contributed by atoms with Crippen molar-refractivity contribution in [3.05, 3.63) is 52.0 Å². The number of nitrogens with one attached hydrogen (secondary N) is 1. The first kappa shape index (κ1) is 14.5. The molecule has 0 radical (unpaired) electrons. The third-order valence-electron chi connectivity index (χ3n) is 2.61. The van der Waals surface area contributed by atoms with Gasteiger partial charge in [0.15, 0.2) is 0 Å². The van der Waals surface area contributed by atoms with E-state index in [1.165, 1.54) is 25.3 Å². The highest BCUT2D eigenvalue weighted by atomic mass is 35.5. The molecule has 0 saturated heterocycles. The lowest BCUT2D eigenvalue weighted by Crippen LogP contribution is -2.12. The molecule has 0 atom stereocenters. The second-order valence-corrected chi connectivity index (χ2v) is 4.81. The van der Waals surface area contributed by atoms with Crippen molar-refractivity contribution in [3.8, 4) is 11.5 Å². The lowest BCUT2D eigenvalue weighted by molar-refractivity contribution is 0.102. The average molecular weight is 312 g/mol. The van der Waals surface area contributed by atoms with Gasteiger partial charge in [-0.15, -0.1) is 0 Å². The van der Waals surface area contributed by atoms with E-state index in [-0.39, 0.29) is 11.3 Å². The second-order valence-electron chi connectivity index (χ2n) is 3.96. The molecular formula is C14H11Cl2NO3. The second kappa shape index (κ2) is 6.03. The summed E-state index contributed by atoms with van der Waals surface area (Å²) in [6, 6.07) is 9.08. The molecule has 6 heteroatoms. The number of phenols is 1. The summed E-state index contributed by atoms with van der Waals surface area (Å²) in [6.07, 6.45) is 0. The molecule has 0 unspecified atom stereocenters. The Morgan fingerprint density at radius 1 is 1.20 bits per heavy atom. The molecule has 104 valence electrons. The molecule has 4 nitrogen and oxygen atoms in total. The largest absolute Gasteiger partial charge is 0.507 e. The number of carbonyl (C=O) groups is 1. The van der Waals surface area contributed by atoms with Crippen LogP contribution in [0, 0.1) is 0 Å². The molecule has 0 saturated carbocycles. The van der Waals surface area contributed by atoms with Crippen LogP contribution in [0.15, 0.2) is 36.4 Å². The molecule has 2 aromatic rings. The smallest absolute Gasteiger partial charge is 0.259 e. The van der Waals surface area contributed by atoms with E-state index in [4.69, 9.17) is 27.9 Å². The highest BCUT2D eigenvalue weighted by Crippen LogP contribution is 2.28. The van der Waals surface area contributed by atoms with Gasteiger partial charge in [-0.3, -0.25) is 4.79 Å². The number of hydrogen-bond acceptors (Lipinski definition) is 3. The summed E-state index contributed by atoms with van der Waals surface area (Å²) in [5.74, 6) is -0.118. The number of anilines is 1. The molecule has 0 aromatic heterocycles. The summed E-state index contributed by atoms with van der Waals surface area (Å²) in [4.78, 5) is 12.0. The van der Waals surface area contributed by atoms with Crippen molar-refractivity contribution >= 4 is 34.8 Å². The Morgan fingerprint density at radius 3 is 2.60 bits per heavy atom. The number of amides is 1. The molecular weight excluding hydrogens is 301 g/mol. The van der Waals surface area contributed by atoms with Crippen LogP contribution in [0.3, 0.4) is 0 Å². The number of halogens is 2. The molecule has 2 aromatic carbocycles. The standard InChI is InChI=1S/C14H11Cl2NO3/c1-20-13-5-3-9(7-11(13)16)17-14(19)10-6-8(15)2-4-12(10)18/h2-7,18H,1H3,(H,17,19). The van der Waals surface area contributed by atoms with Gasteiger partial charge in [0, 0.05) is 10.7 Å². The van der Waals surface area contributed by atoms with Gasteiger partial charge in [-0.1, -0.05) is 23.2 Å². The maximum atomic E-state index is 12.0. The van der Waals surface area contributed by atoms with E-state index in [9.17, 15) is 9.90 Å². The molecule has 0 bridgehead atoms. The van der Waals surface area contributed by atoms with Crippen LogP contribution in [0.4, 0.5) is 5.69 Å². The zero-order valence-corrected chi connectivity index (χ0v) is 12.0. The van der Waals surface area contributed by atoms with E-state index in [0.29, 0.717) is 21.5 Å². The number of rotatable bonds is 3. The first-order chi connectivity index (χ1) is 9.51. The highest BCUT2D eigenvalue weighted by molar-refractivity contribution is 6.32. The minimum atomic E-state index is -0.480. The van der Waals surface area contributed by atoms with Gasteiger partial charge in [0.25, 0.3) is 5.91 Å². The van der Waals surface area contributed by atoms with Crippen molar-refractivity contribution in [2.24, 2.45) is 0 Å². The van der Waals surface area contributed by atoms with Crippen LogP contribution in [-0.2, 0) is 0 Å². The van der Waals surface area contributed by atoms with Crippen molar-refractivity contribution in [1.29, 1.82) is 0 Å². The van der Waals surface area contributed by atoms with E-state index >= 15 is 0 Å². The van der Waals surface area contributed by atoms with E-state index < -0.39 is 5.91 Å². The van der Waals surface area contributed by atoms with Crippen molar-refractivity contribution < 1.29 is 14.6 Å². The number of benzene rings is 2. The first-order valence-corrected chi connectivity index (χ1v) is 6.40. The van der Waals surface area contributed by atoms with E-state index in [2.05, 4.69) is 5.32 Å². The highest BCUT2D eigenvalue weighted by Gasteiger charge is 2.12. The molecule has 2 rings (SSSR count). The first-order valence-electron chi connectivity index (χ1n) is 5.64. The SMILES string of the molecule is COc1ccc(NC(=O)c2cc(Cl)ccc2O)cc1Cl. The Bertz CT molecular complexity index is 659. The lowest BCUT2D eigenvalue weighted by atomic mass is 10.2. The third-order valence-corrected chi connectivity index (χ3v) is 3.14. The molecule has 0 fully saturated rings. The molecule has 20 heavy (non-hydrogen) atoms. The zero-order chi connectivity index (χ0) is 14.7. The van der Waals surface area contributed by atoms with Crippen LogP contribution in [0.1, 0.15) is 10.4 Å². The fourth-order valence-corrected chi connectivity index (χ4v) is 2.06. The van der Waals surface area contributed by atoms with Crippen molar-refractivity contribution in [3.63, 3.8) is 0 Å². The predicted molar refractivity (Wildman–Crippen MR) is 79.1 cm³/mol. The van der Waals surface area contributed by atoms with E-state index in [1.54, 1.807) is 18.2 Å². The number of phenolic OH excluding ortho intramolecular Hbond substituents is 1. The van der Waals surface area contributed by atoms with Gasteiger partial charge in [0.05, 0.1) is 17.7 Å². The molecule has 2 N–H and O–H groups in total. The summed E-state index contributed by atoms with van der Waals surface area (Å²) < 4.78 is 5.02. The van der Waals surface area contributed by atoms with Gasteiger partial charge >= 0.3 is 0 Å². The average Bonchev–Trinajstić information content (AvgIpc) is 2.41. The molecule has 1 amide bonds. The summed E-state index contributed by atoms with van der Waals surface area (Å²) >= 11 is 11.8. The Balaban J connectivity index is 2.23. The van der Waals surface area contributed by atoms with E-state index in [0.717, 1.165) is 0 Å². The summed E-state index contributed by atoms with van der Waals surface area (Å²) in [5, 5.41) is 13.0. The van der Waals surface area contributed by atoms with Crippen LogP contribution in [-0.4, -0.2) is 18.1 Å². The Kier molecular flexibility index (Phi) is 4.37. The van der Waals surface area contributed by atoms with Crippen LogP contribution in [0.2, 0.25) is 10.0 Å². The molecule has 0 aliphatic heterocycles. The van der Waals surface area contributed by atoms with Gasteiger partial charge in [-0.2, -0.15) is 0 Å². The molecule has 0 spiro atoms. The minimum Gasteiger partial charge on any atom is -0.507 e. The fourth-order valence-electron chi connectivity index (χ4n) is 1.63. The van der Waals surface area contributed by atoms with Crippen LogP contribution < -0.4 is 10.1 Å². The van der Waals surface area contributed by atoms with Gasteiger partial charge in [0.2, 0.25) is 0 Å². The lowest BCUT2D eigenvalue weighted by Gasteiger charge is -2.09. The number of carbonyl (C=O) groups excluding carboxylic acids is 1. The van der Waals surface area contributed by atoms with Crippen LogP contribution in [0.5, 0.6) is 11.5 Å². The number of methoxy groups -OCH3 is 1. The number of ether oxygens (including phenoxy) is 1. The molecule has 0 aliphatic rings. The Labute approximate surface area is 125 Å². The quantitative estimate of drug-likeness (QED) is 0.902. The molecule has 0 aliphatic carbocycles. The van der Waals surface area contributed by atoms with Crippen molar-refractivity contribution in [2.45, 2.75) is 0 Å². The summed E-state index contributed by atoms with van der Waals surface area (Å²) in [5.41, 5.74) is 0.574. The maximum Gasteiger partial charge on any atom is 0.259 e. The van der Waals surface area contributed by atoms with E-state index in [1.807, 2.05) is 0 Å². The zero-order valence-electron chi connectivity index (χ0n) is 10.5. The molecule has 0 heterocycles. The van der Waals surface area contributed by atoms with Gasteiger partial charge in [-0.05, 0) is 36.4 Å². The predicted octanol–water partition coefficient (Wildman–Crippen LogP) is 3.96. The number of aromatic hydroxyl groups is 1. The van der Waals surface area contributed by atoms with Crippen LogP contribution in [0.25, 0.3) is 0 Å². The Hall–Kier alpha value is -1.91.